The molecule has 0 aromatic carbocycles. The molecule has 0 saturated heterocycles. The number of hydrogen-bond acceptors (Lipinski definition) is 2. The molecule has 1 nitrogen and oxygen atoms in total. The summed E-state index contributed by atoms with van der Waals surface area (Å²) >= 11 is 4.88. The summed E-state index contributed by atoms with van der Waals surface area (Å²) < 4.78 is 0. The lowest BCUT2D eigenvalue weighted by atomic mass is 10.1. The first-order valence-electron chi connectivity index (χ1n) is 3.89. The van der Waals surface area contributed by atoms with Crippen molar-refractivity contribution in [1.29, 1.82) is 0 Å². The van der Waals surface area contributed by atoms with Crippen LogP contribution in [-0.2, 0) is 0 Å². The minimum absolute atomic E-state index is 0.0187. The van der Waals surface area contributed by atoms with Crippen LogP contribution in [0.15, 0.2) is 11.4 Å². The molecule has 1 heterocycles. The lowest BCUT2D eigenvalue weighted by Crippen LogP contribution is -2.12. The Morgan fingerprint density at radius 2 is 2.42 bits per heavy atom. The summed E-state index contributed by atoms with van der Waals surface area (Å²) in [5, 5.41) is 1.96. The van der Waals surface area contributed by atoms with Gasteiger partial charge in [0.15, 0.2) is 5.78 Å². The van der Waals surface area contributed by atoms with Gasteiger partial charge in [-0.1, -0.05) is 22.9 Å². The van der Waals surface area contributed by atoms with Gasteiger partial charge in [-0.2, -0.15) is 0 Å². The Hall–Kier alpha value is -0.150. The van der Waals surface area contributed by atoms with Gasteiger partial charge in [0.05, 0.1) is 9.70 Å². The first-order chi connectivity index (χ1) is 5.66. The number of thiophene rings is 1. The van der Waals surface area contributed by atoms with E-state index in [9.17, 15) is 4.79 Å². The smallest absolute Gasteiger partial charge is 0.186 e. The Morgan fingerprint density at radius 3 is 2.83 bits per heavy atom. The number of carbonyl (C=O) groups excluding carboxylic acids is 1. The van der Waals surface area contributed by atoms with Crippen LogP contribution in [0.2, 0.25) is 0 Å². The van der Waals surface area contributed by atoms with Crippen LogP contribution in [0.4, 0.5) is 0 Å². The molecule has 0 aliphatic carbocycles. The highest BCUT2D eigenvalue weighted by molar-refractivity contribution is 9.10. The van der Waals surface area contributed by atoms with Crippen LogP contribution in [-0.4, -0.2) is 10.6 Å². The van der Waals surface area contributed by atoms with Crippen molar-refractivity contribution >= 4 is 33.0 Å². The predicted octanol–water partition coefficient (Wildman–Crippen LogP) is 3.41. The SMILES string of the molecule is CCC(Br)C(=O)c1sccc1C. The van der Waals surface area contributed by atoms with Gasteiger partial charge in [-0.3, -0.25) is 4.79 Å². The van der Waals surface area contributed by atoms with Crippen LogP contribution >= 0.6 is 27.3 Å². The monoisotopic (exact) mass is 246 g/mol. The number of halogens is 1. The van der Waals surface area contributed by atoms with Crippen molar-refractivity contribution in [2.24, 2.45) is 0 Å². The maximum Gasteiger partial charge on any atom is 0.186 e. The molecule has 0 amide bonds. The van der Waals surface area contributed by atoms with Crippen molar-refractivity contribution in [3.05, 3.63) is 21.9 Å². The van der Waals surface area contributed by atoms with Gasteiger partial charge in [0.25, 0.3) is 0 Å². The van der Waals surface area contributed by atoms with Gasteiger partial charge < -0.3 is 0 Å². The molecule has 1 unspecified atom stereocenters. The van der Waals surface area contributed by atoms with Gasteiger partial charge in [-0.15, -0.1) is 11.3 Å². The van der Waals surface area contributed by atoms with E-state index in [0.29, 0.717) is 0 Å². The van der Waals surface area contributed by atoms with Crippen LogP contribution in [0.5, 0.6) is 0 Å². The summed E-state index contributed by atoms with van der Waals surface area (Å²) in [7, 11) is 0. The van der Waals surface area contributed by atoms with Crippen LogP contribution in [0.25, 0.3) is 0 Å². The second kappa shape index (κ2) is 4.19. The van der Waals surface area contributed by atoms with E-state index in [2.05, 4.69) is 15.9 Å². The van der Waals surface area contributed by atoms with E-state index < -0.39 is 0 Å². The van der Waals surface area contributed by atoms with Crippen LogP contribution in [0.3, 0.4) is 0 Å². The molecule has 12 heavy (non-hydrogen) atoms. The van der Waals surface area contributed by atoms with E-state index in [0.717, 1.165) is 16.9 Å². The van der Waals surface area contributed by atoms with Gasteiger partial charge in [-0.05, 0) is 30.4 Å². The van der Waals surface area contributed by atoms with Crippen molar-refractivity contribution in [2.45, 2.75) is 25.1 Å². The number of ketones is 1. The number of aryl methyl sites for hydroxylation is 1. The fourth-order valence-corrected chi connectivity index (χ4v) is 2.25. The van der Waals surface area contributed by atoms with Crippen LogP contribution < -0.4 is 0 Å². The van der Waals surface area contributed by atoms with Crippen LogP contribution in [0.1, 0.15) is 28.6 Å². The predicted molar refractivity (Wildman–Crippen MR) is 56.4 cm³/mol. The third kappa shape index (κ3) is 1.96. The molecule has 0 fully saturated rings. The van der Waals surface area contributed by atoms with Crippen molar-refractivity contribution < 1.29 is 4.79 Å². The molecule has 0 bridgehead atoms. The number of alkyl halides is 1. The molecule has 0 saturated carbocycles. The number of Topliss-reactive ketones (excluding diaryl/α,β-unsaturated/α-hetero) is 1. The fourth-order valence-electron chi connectivity index (χ4n) is 0.953. The topological polar surface area (TPSA) is 17.1 Å². The second-order valence-corrected chi connectivity index (χ2v) is 4.69. The number of carbonyl (C=O) groups is 1. The molecule has 3 heteroatoms. The first-order valence-corrected chi connectivity index (χ1v) is 5.68. The van der Waals surface area contributed by atoms with Gasteiger partial charge >= 0.3 is 0 Å². The van der Waals surface area contributed by atoms with Crippen LogP contribution in [0, 0.1) is 6.92 Å². The molecular weight excluding hydrogens is 236 g/mol. The molecule has 0 aliphatic rings. The molecular formula is C9H11BrOS. The average Bonchev–Trinajstić information content (AvgIpc) is 2.48. The molecule has 1 aromatic rings. The molecule has 1 rings (SSSR count). The van der Waals surface area contributed by atoms with Gasteiger partial charge in [-0.25, -0.2) is 0 Å². The van der Waals surface area contributed by atoms with Gasteiger partial charge in [0.1, 0.15) is 0 Å². The highest BCUT2D eigenvalue weighted by Crippen LogP contribution is 2.21. The van der Waals surface area contributed by atoms with Crippen molar-refractivity contribution in [2.75, 3.05) is 0 Å². The molecule has 0 N–H and O–H groups in total. The Labute approximate surface area is 84.9 Å². The van der Waals surface area contributed by atoms with E-state index >= 15 is 0 Å². The van der Waals surface area contributed by atoms with Crippen molar-refractivity contribution in [1.82, 2.24) is 0 Å². The zero-order valence-electron chi connectivity index (χ0n) is 7.13. The molecule has 1 aromatic heterocycles. The summed E-state index contributed by atoms with van der Waals surface area (Å²) in [5.41, 5.74) is 1.09. The van der Waals surface area contributed by atoms with E-state index in [4.69, 9.17) is 0 Å². The lowest BCUT2D eigenvalue weighted by molar-refractivity contribution is 0.0993. The van der Waals surface area contributed by atoms with E-state index in [1.807, 2.05) is 25.3 Å². The highest BCUT2D eigenvalue weighted by Gasteiger charge is 2.17. The normalized spacial score (nSPS) is 12.9. The maximum atomic E-state index is 11.6. The van der Waals surface area contributed by atoms with Crippen molar-refractivity contribution in [3.63, 3.8) is 0 Å². The minimum atomic E-state index is -0.0187. The van der Waals surface area contributed by atoms with Crippen molar-refractivity contribution in [3.8, 4) is 0 Å². The Kier molecular flexibility index (Phi) is 3.47. The third-order valence-electron chi connectivity index (χ3n) is 1.73. The minimum Gasteiger partial charge on any atom is -0.292 e. The molecule has 0 radical (unpaired) electrons. The van der Waals surface area contributed by atoms with E-state index in [1.54, 1.807) is 0 Å². The zero-order valence-corrected chi connectivity index (χ0v) is 9.54. The quantitative estimate of drug-likeness (QED) is 0.590. The Balaban J connectivity index is 2.85. The lowest BCUT2D eigenvalue weighted by Gasteiger charge is -2.03. The summed E-state index contributed by atoms with van der Waals surface area (Å²) in [4.78, 5) is 12.5. The summed E-state index contributed by atoms with van der Waals surface area (Å²) in [5.74, 6) is 0.213. The average molecular weight is 247 g/mol. The standard InChI is InChI=1S/C9H11BrOS/c1-3-7(10)8(11)9-6(2)4-5-12-9/h4-5,7H,3H2,1-2H3. The zero-order chi connectivity index (χ0) is 9.14. The molecule has 0 spiro atoms. The van der Waals surface area contributed by atoms with E-state index in [-0.39, 0.29) is 10.6 Å². The molecule has 66 valence electrons. The van der Waals surface area contributed by atoms with Gasteiger partial charge in [0, 0.05) is 0 Å². The maximum absolute atomic E-state index is 11.6. The largest absolute Gasteiger partial charge is 0.292 e. The third-order valence-corrected chi connectivity index (χ3v) is 3.82. The fraction of sp³-hybridized carbons (Fsp3) is 0.444. The summed E-state index contributed by atoms with van der Waals surface area (Å²) in [6.45, 7) is 3.97. The summed E-state index contributed by atoms with van der Waals surface area (Å²) in [6, 6.07) is 1.98. The van der Waals surface area contributed by atoms with E-state index in [1.165, 1.54) is 11.3 Å². The molecule has 0 aliphatic heterocycles. The second-order valence-electron chi connectivity index (χ2n) is 2.67. The highest BCUT2D eigenvalue weighted by atomic mass is 79.9. The Morgan fingerprint density at radius 1 is 1.75 bits per heavy atom. The molecule has 1 atom stereocenters. The number of hydrogen-bond donors (Lipinski definition) is 0. The number of rotatable bonds is 3. The van der Waals surface area contributed by atoms with Gasteiger partial charge in [0.2, 0.25) is 0 Å². The first kappa shape index (κ1) is 9.93. The summed E-state index contributed by atoms with van der Waals surface area (Å²) in [6.07, 6.45) is 0.843. The Bertz CT molecular complexity index is 280.